The highest BCUT2D eigenvalue weighted by Crippen LogP contribution is 2.28. The number of rotatable bonds is 8. The van der Waals surface area contributed by atoms with Crippen molar-refractivity contribution in [1.82, 2.24) is 9.97 Å². The zero-order valence-corrected chi connectivity index (χ0v) is 13.9. The van der Waals surface area contributed by atoms with Crippen LogP contribution in [0.2, 0.25) is 0 Å². The molecule has 0 radical (unpaired) electrons. The van der Waals surface area contributed by atoms with Gasteiger partial charge in [0, 0.05) is 17.8 Å². The van der Waals surface area contributed by atoms with Gasteiger partial charge >= 0.3 is 0 Å². The molecule has 0 amide bonds. The molecule has 3 N–H and O–H groups in total. The van der Waals surface area contributed by atoms with Gasteiger partial charge in [0.2, 0.25) is 0 Å². The number of hydrogen-bond acceptors (Lipinski definition) is 6. The van der Waals surface area contributed by atoms with Gasteiger partial charge in [-0.1, -0.05) is 6.92 Å². The topological polar surface area (TPSA) is 70.1 Å². The summed E-state index contributed by atoms with van der Waals surface area (Å²) in [7, 11) is 0. The van der Waals surface area contributed by atoms with Crippen LogP contribution in [-0.4, -0.2) is 45.8 Å². The molecule has 2 atom stereocenters. The van der Waals surface area contributed by atoms with E-state index in [0.717, 1.165) is 29.1 Å². The molecule has 0 saturated heterocycles. The predicted molar refractivity (Wildman–Crippen MR) is 86.0 cm³/mol. The van der Waals surface area contributed by atoms with E-state index < -0.39 is 0 Å². The van der Waals surface area contributed by atoms with Crippen LogP contribution < -0.4 is 10.6 Å². The Balaban J connectivity index is 2.78. The van der Waals surface area contributed by atoms with Crippen LogP contribution in [-0.2, 0) is 0 Å². The highest BCUT2D eigenvalue weighted by molar-refractivity contribution is 9.10. The van der Waals surface area contributed by atoms with E-state index in [1.807, 2.05) is 13.2 Å². The third kappa shape index (κ3) is 4.81. The van der Waals surface area contributed by atoms with Gasteiger partial charge in [0.1, 0.15) is 22.4 Å². The Morgan fingerprint density at radius 1 is 1.42 bits per heavy atom. The van der Waals surface area contributed by atoms with Crippen LogP contribution in [0.15, 0.2) is 10.8 Å². The Bertz CT molecular complexity index is 390. The first-order chi connectivity index (χ1) is 9.13. The van der Waals surface area contributed by atoms with Gasteiger partial charge in [0.15, 0.2) is 0 Å². The second-order valence-electron chi connectivity index (χ2n) is 4.20. The van der Waals surface area contributed by atoms with E-state index in [0.29, 0.717) is 0 Å². The summed E-state index contributed by atoms with van der Waals surface area (Å²) in [5.74, 6) is 1.53. The Hall–Kier alpha value is -0.530. The maximum Gasteiger partial charge on any atom is 0.146 e. The first-order valence-corrected chi connectivity index (χ1v) is 8.36. The van der Waals surface area contributed by atoms with Gasteiger partial charge in [0.25, 0.3) is 0 Å². The van der Waals surface area contributed by atoms with Gasteiger partial charge in [-0.15, -0.1) is 0 Å². The summed E-state index contributed by atoms with van der Waals surface area (Å²) < 4.78 is 0.827. The Labute approximate surface area is 127 Å². The summed E-state index contributed by atoms with van der Waals surface area (Å²) >= 11 is 5.15. The Kier molecular flexibility index (Phi) is 7.48. The smallest absolute Gasteiger partial charge is 0.146 e. The van der Waals surface area contributed by atoms with Gasteiger partial charge in [-0.25, -0.2) is 9.97 Å². The average Bonchev–Trinajstić information content (AvgIpc) is 2.41. The highest BCUT2D eigenvalue weighted by Gasteiger charge is 2.17. The summed E-state index contributed by atoms with van der Waals surface area (Å²) in [5.41, 5.74) is 0. The number of nitrogens with zero attached hydrogens (tertiary/aromatic N) is 2. The lowest BCUT2D eigenvalue weighted by Crippen LogP contribution is -2.31. The lowest BCUT2D eigenvalue weighted by atomic mass is 10.2. The molecule has 19 heavy (non-hydrogen) atoms. The van der Waals surface area contributed by atoms with Gasteiger partial charge in [0.05, 0.1) is 6.61 Å². The SMILES string of the molecule is CCCNc1ncnc(NC(C)C(CO)SC)c1Br. The van der Waals surface area contributed by atoms with Crippen LogP contribution in [0.3, 0.4) is 0 Å². The maximum absolute atomic E-state index is 9.30. The molecule has 5 nitrogen and oxygen atoms in total. The third-order valence-electron chi connectivity index (χ3n) is 2.74. The summed E-state index contributed by atoms with van der Waals surface area (Å²) in [5, 5.41) is 16.0. The molecule has 2 unspecified atom stereocenters. The number of aromatic nitrogens is 2. The lowest BCUT2D eigenvalue weighted by Gasteiger charge is -2.22. The number of nitrogens with one attached hydrogen (secondary N) is 2. The van der Waals surface area contributed by atoms with E-state index >= 15 is 0 Å². The lowest BCUT2D eigenvalue weighted by molar-refractivity contribution is 0.288. The monoisotopic (exact) mass is 348 g/mol. The normalized spacial score (nSPS) is 13.9. The molecule has 1 aromatic heterocycles. The van der Waals surface area contributed by atoms with Crippen molar-refractivity contribution >= 4 is 39.3 Å². The van der Waals surface area contributed by atoms with E-state index in [9.17, 15) is 5.11 Å². The van der Waals surface area contributed by atoms with Crippen molar-refractivity contribution in [2.45, 2.75) is 31.6 Å². The fourth-order valence-electron chi connectivity index (χ4n) is 1.58. The minimum Gasteiger partial charge on any atom is -0.395 e. The molecule has 0 bridgehead atoms. The molecule has 0 fully saturated rings. The fourth-order valence-corrected chi connectivity index (χ4v) is 2.67. The van der Waals surface area contributed by atoms with Gasteiger partial charge in [-0.05, 0) is 35.5 Å². The zero-order chi connectivity index (χ0) is 14.3. The standard InChI is InChI=1S/C12H21BrN4OS/c1-4-5-14-11-10(13)12(16-7-15-11)17-8(2)9(6-18)19-3/h7-9,18H,4-6H2,1-3H3,(H2,14,15,16,17). The molecule has 1 rings (SSSR count). The first-order valence-electron chi connectivity index (χ1n) is 6.28. The van der Waals surface area contributed by atoms with Gasteiger partial charge in [-0.2, -0.15) is 11.8 Å². The summed E-state index contributed by atoms with van der Waals surface area (Å²) in [6.45, 7) is 5.15. The Morgan fingerprint density at radius 2 is 2.11 bits per heavy atom. The van der Waals surface area contributed by atoms with Crippen molar-refractivity contribution in [1.29, 1.82) is 0 Å². The number of halogens is 1. The van der Waals surface area contributed by atoms with E-state index in [4.69, 9.17) is 0 Å². The number of aliphatic hydroxyl groups excluding tert-OH is 1. The predicted octanol–water partition coefficient (Wildman–Crippen LogP) is 2.59. The number of anilines is 2. The molecular formula is C12H21BrN4OS. The van der Waals surface area contributed by atoms with Crippen LogP contribution in [0.1, 0.15) is 20.3 Å². The quantitative estimate of drug-likeness (QED) is 0.670. The zero-order valence-electron chi connectivity index (χ0n) is 11.5. The van der Waals surface area contributed by atoms with Crippen molar-refractivity contribution in [3.63, 3.8) is 0 Å². The van der Waals surface area contributed by atoms with Crippen molar-refractivity contribution in [3.8, 4) is 0 Å². The molecule has 7 heteroatoms. The molecule has 0 aliphatic heterocycles. The number of aliphatic hydroxyl groups is 1. The van der Waals surface area contributed by atoms with Crippen LogP contribution in [0.5, 0.6) is 0 Å². The van der Waals surface area contributed by atoms with E-state index in [2.05, 4.69) is 43.5 Å². The molecule has 0 aliphatic rings. The molecule has 0 aromatic carbocycles. The van der Waals surface area contributed by atoms with Crippen molar-refractivity contribution in [2.75, 3.05) is 30.0 Å². The van der Waals surface area contributed by atoms with Gasteiger partial charge in [-0.3, -0.25) is 0 Å². The van der Waals surface area contributed by atoms with Crippen molar-refractivity contribution < 1.29 is 5.11 Å². The minimum absolute atomic E-state index is 0.116. The van der Waals surface area contributed by atoms with E-state index in [1.165, 1.54) is 6.33 Å². The molecule has 108 valence electrons. The number of hydrogen-bond donors (Lipinski definition) is 3. The van der Waals surface area contributed by atoms with E-state index in [1.54, 1.807) is 11.8 Å². The summed E-state index contributed by atoms with van der Waals surface area (Å²) in [6, 6.07) is 0.116. The highest BCUT2D eigenvalue weighted by atomic mass is 79.9. The second kappa shape index (κ2) is 8.60. The molecule has 1 aromatic rings. The van der Waals surface area contributed by atoms with Crippen molar-refractivity contribution in [2.24, 2.45) is 0 Å². The molecule has 0 aliphatic carbocycles. The average molecular weight is 349 g/mol. The summed E-state index contributed by atoms with van der Waals surface area (Å²) in [4.78, 5) is 8.44. The first kappa shape index (κ1) is 16.5. The third-order valence-corrected chi connectivity index (χ3v) is 4.65. The van der Waals surface area contributed by atoms with Gasteiger partial charge < -0.3 is 15.7 Å². The largest absolute Gasteiger partial charge is 0.395 e. The van der Waals surface area contributed by atoms with Crippen LogP contribution in [0.4, 0.5) is 11.6 Å². The molecule has 0 spiro atoms. The van der Waals surface area contributed by atoms with Crippen LogP contribution in [0.25, 0.3) is 0 Å². The molecule has 1 heterocycles. The number of thioether (sulfide) groups is 1. The fraction of sp³-hybridized carbons (Fsp3) is 0.667. The van der Waals surface area contributed by atoms with Crippen molar-refractivity contribution in [3.05, 3.63) is 10.8 Å². The maximum atomic E-state index is 9.30. The Morgan fingerprint density at radius 3 is 2.68 bits per heavy atom. The second-order valence-corrected chi connectivity index (χ2v) is 6.07. The summed E-state index contributed by atoms with van der Waals surface area (Å²) in [6.07, 6.45) is 4.56. The molecule has 0 saturated carbocycles. The minimum atomic E-state index is 0.116. The van der Waals surface area contributed by atoms with Crippen LogP contribution >= 0.6 is 27.7 Å². The molecular weight excluding hydrogens is 328 g/mol. The van der Waals surface area contributed by atoms with E-state index in [-0.39, 0.29) is 17.9 Å². The van der Waals surface area contributed by atoms with Crippen LogP contribution in [0, 0.1) is 0 Å².